The Kier molecular flexibility index (Phi) is 21.1. The fourth-order valence-corrected chi connectivity index (χ4v) is 36.8. The van der Waals surface area contributed by atoms with E-state index >= 15 is 5.11 Å². The molecule has 1 saturated carbocycles. The fraction of sp³-hybridized carbons (Fsp3) is 0.0625. The minimum absolute atomic E-state index is 0.973. The summed E-state index contributed by atoms with van der Waals surface area (Å²) in [5, 5.41) is 30.8. The molecule has 0 aliphatic heterocycles. The van der Waals surface area contributed by atoms with Crippen LogP contribution in [0.25, 0.3) is 0 Å². The van der Waals surface area contributed by atoms with Crippen LogP contribution >= 0.6 is 0 Å². The molecule has 107 heavy (non-hydrogen) atoms. The first-order valence-electron chi connectivity index (χ1n) is 36.9. The van der Waals surface area contributed by atoms with Gasteiger partial charge < -0.3 is 27.2 Å². The predicted octanol–water partition coefficient (Wildman–Crippen LogP) is 9.62. The van der Waals surface area contributed by atoms with Crippen molar-refractivity contribution in [1.82, 2.24) is 0 Å². The molecule has 1 aliphatic carbocycles. The molecule has 0 saturated heterocycles. The summed E-state index contributed by atoms with van der Waals surface area (Å²) in [6.45, 7) is 0. The van der Waals surface area contributed by atoms with E-state index in [2.05, 4.69) is 455 Å². The number of rotatable bonds is 25. The summed E-state index contributed by atoms with van der Waals surface area (Å²) in [6, 6.07) is 161. The highest BCUT2D eigenvalue weighted by atomic mass is 28.4. The van der Waals surface area contributed by atoms with Crippen LogP contribution in [0.5, 0.6) is 0 Å². The Morgan fingerprint density at radius 3 is 0.318 bits per heavy atom. The van der Waals surface area contributed by atoms with Crippen LogP contribution in [0.1, 0.15) is 0 Å². The van der Waals surface area contributed by atoms with E-state index in [1.54, 1.807) is 0 Å². The van der Waals surface area contributed by atoms with Gasteiger partial charge in [0.2, 0.25) is 0 Å². The largest absolute Gasteiger partial charge is 0.396 e. The third kappa shape index (κ3) is 13.4. The summed E-state index contributed by atoms with van der Waals surface area (Å²) in [4.78, 5) is 0. The zero-order valence-corrected chi connectivity index (χ0v) is 64.3. The second-order valence-electron chi connectivity index (χ2n) is 27.3. The standard InChI is InChI=1S/C96H82O6Si5/c97-91-92(98-103(76-46-16-1-17-47-76,77-48-18-2-19-49-77)78-50-20-3-21-51-78)94(100-105(82-58-28-7-29-59-82,83-60-30-8-31-61-83)84-62-32-9-33-63-84)96(102-107(88-70-40-13-41-71-88,89-72-42-14-43-73-89)90-74-44-15-45-75-90)95(101-106(85-64-34-10-35-65-85,86-66-36-11-37-67-86)87-68-38-12-39-69-87)93(91)99-104(79-52-22-4-23-53-79,80-54-24-5-25-55-80)81-56-26-6-27-57-81/h1-75,91-97H/t91?,92-,93-,94-,95+,96?/m1/s1. The van der Waals surface area contributed by atoms with Gasteiger partial charge in [-0.15, -0.1) is 0 Å². The van der Waals surface area contributed by atoms with E-state index in [1.807, 2.05) is 0 Å². The third-order valence-corrected chi connectivity index (χ3v) is 41.6. The van der Waals surface area contributed by atoms with Gasteiger partial charge in [0, 0.05) is 0 Å². The Balaban J connectivity index is 1.12. The molecule has 1 fully saturated rings. The van der Waals surface area contributed by atoms with Crippen molar-refractivity contribution in [2.45, 2.75) is 36.6 Å². The maximum atomic E-state index is 16.1. The predicted molar refractivity (Wildman–Crippen MR) is 450 cm³/mol. The summed E-state index contributed by atoms with van der Waals surface area (Å²) in [5.41, 5.74) is 0. The molecule has 0 amide bonds. The Morgan fingerprint density at radius 2 is 0.215 bits per heavy atom. The molecule has 2 unspecified atom stereocenters. The first-order chi connectivity index (χ1) is 53.0. The fourth-order valence-electron chi connectivity index (χ4n) is 16.4. The second kappa shape index (κ2) is 32.1. The average molecular weight is 1470 g/mol. The normalized spacial score (nSPS) is 17.0. The summed E-state index contributed by atoms with van der Waals surface area (Å²) >= 11 is 0. The minimum atomic E-state index is -4.10. The highest BCUT2D eigenvalue weighted by Gasteiger charge is 2.65. The van der Waals surface area contributed by atoms with Crippen molar-refractivity contribution in [3.63, 3.8) is 0 Å². The maximum absolute atomic E-state index is 16.1. The molecule has 15 aromatic carbocycles. The lowest BCUT2D eigenvalue weighted by molar-refractivity contribution is -0.196. The monoisotopic (exact) mass is 1470 g/mol. The number of hydrogen-bond donors (Lipinski definition) is 1. The summed E-state index contributed by atoms with van der Waals surface area (Å²) < 4.78 is 46.2. The zero-order chi connectivity index (χ0) is 72.2. The van der Waals surface area contributed by atoms with E-state index in [0.717, 1.165) is 77.8 Å². The van der Waals surface area contributed by atoms with Gasteiger partial charge in [-0.25, -0.2) is 0 Å². The molecule has 0 radical (unpaired) electrons. The molecular formula is C96H82O6Si5. The smallest absolute Gasteiger partial charge is 0.288 e. The van der Waals surface area contributed by atoms with Gasteiger partial charge in [0.15, 0.2) is 0 Å². The van der Waals surface area contributed by atoms with Crippen LogP contribution in [-0.4, -0.2) is 83.3 Å². The molecule has 522 valence electrons. The highest BCUT2D eigenvalue weighted by Crippen LogP contribution is 2.40. The minimum Gasteiger partial charge on any atom is -0.396 e. The van der Waals surface area contributed by atoms with E-state index in [9.17, 15) is 13.3 Å². The van der Waals surface area contributed by atoms with E-state index in [0.29, 0.717) is 0 Å². The topological polar surface area (TPSA) is 66.4 Å². The van der Waals surface area contributed by atoms with Crippen LogP contribution in [0.15, 0.2) is 455 Å². The zero-order valence-electron chi connectivity index (χ0n) is 59.3. The van der Waals surface area contributed by atoms with Crippen molar-refractivity contribution in [2.75, 3.05) is 0 Å². The van der Waals surface area contributed by atoms with E-state index in [-0.39, 0.29) is 0 Å². The molecule has 16 rings (SSSR count). The van der Waals surface area contributed by atoms with Crippen molar-refractivity contribution in [3.8, 4) is 0 Å². The lowest BCUT2D eigenvalue weighted by Gasteiger charge is -2.57. The van der Waals surface area contributed by atoms with Crippen LogP contribution in [0.4, 0.5) is 0 Å². The van der Waals surface area contributed by atoms with Crippen LogP contribution < -0.4 is 77.8 Å². The Morgan fingerprint density at radius 1 is 0.131 bits per heavy atom. The van der Waals surface area contributed by atoms with Gasteiger partial charge in [-0.05, 0) is 77.8 Å². The van der Waals surface area contributed by atoms with E-state index < -0.39 is 78.2 Å². The van der Waals surface area contributed by atoms with Gasteiger partial charge in [0.1, 0.15) is 36.6 Å². The van der Waals surface area contributed by atoms with Crippen LogP contribution in [0, 0.1) is 0 Å². The quantitative estimate of drug-likeness (QED) is 0.0455. The first-order valence-corrected chi connectivity index (χ1v) is 46.4. The summed E-state index contributed by atoms with van der Waals surface area (Å²) in [7, 11) is -20.3. The number of aliphatic hydroxyl groups excluding tert-OH is 1. The summed E-state index contributed by atoms with van der Waals surface area (Å²) in [6.07, 6.45) is -8.02. The molecule has 1 aliphatic rings. The second-order valence-corrected chi connectivity index (χ2v) is 43.9. The molecule has 0 spiro atoms. The third-order valence-electron chi connectivity index (χ3n) is 21.2. The van der Waals surface area contributed by atoms with E-state index in [1.165, 1.54) is 0 Å². The number of benzene rings is 15. The average Bonchev–Trinajstić information content (AvgIpc) is 0.705. The van der Waals surface area contributed by atoms with Crippen LogP contribution in [-0.2, 0) is 22.1 Å². The van der Waals surface area contributed by atoms with Crippen molar-refractivity contribution < 1.29 is 27.2 Å². The van der Waals surface area contributed by atoms with Crippen molar-refractivity contribution in [2.24, 2.45) is 0 Å². The van der Waals surface area contributed by atoms with Gasteiger partial charge >= 0.3 is 0 Å². The van der Waals surface area contributed by atoms with Gasteiger partial charge in [0.05, 0.1) is 0 Å². The molecule has 0 heterocycles. The molecular weight excluding hydrogens is 1390 g/mol. The van der Waals surface area contributed by atoms with Crippen LogP contribution in [0.2, 0.25) is 0 Å². The van der Waals surface area contributed by atoms with E-state index in [4.69, 9.17) is 8.85 Å². The molecule has 15 aromatic rings. The number of aliphatic hydroxyl groups is 1. The highest BCUT2D eigenvalue weighted by molar-refractivity contribution is 7.10. The lowest BCUT2D eigenvalue weighted by atomic mass is 9.85. The summed E-state index contributed by atoms with van der Waals surface area (Å²) in [5.74, 6) is 0. The molecule has 6 nitrogen and oxygen atoms in total. The number of hydrogen-bond acceptors (Lipinski definition) is 6. The van der Waals surface area contributed by atoms with Crippen molar-refractivity contribution >= 4 is 119 Å². The van der Waals surface area contributed by atoms with Crippen molar-refractivity contribution in [3.05, 3.63) is 455 Å². The van der Waals surface area contributed by atoms with Gasteiger partial charge in [-0.3, -0.25) is 0 Å². The maximum Gasteiger partial charge on any atom is 0.288 e. The molecule has 11 heteroatoms. The van der Waals surface area contributed by atoms with Crippen LogP contribution in [0.3, 0.4) is 0 Å². The Hall–Kier alpha value is -10.9. The molecule has 0 aromatic heterocycles. The Labute approximate surface area is 633 Å². The molecule has 0 bridgehead atoms. The van der Waals surface area contributed by atoms with Crippen molar-refractivity contribution in [1.29, 1.82) is 0 Å². The first kappa shape index (κ1) is 70.5. The molecule has 1 N–H and O–H groups in total. The molecule has 6 atom stereocenters. The lowest BCUT2D eigenvalue weighted by Crippen LogP contribution is -2.83. The van der Waals surface area contributed by atoms with Gasteiger partial charge in [-0.1, -0.05) is 455 Å². The van der Waals surface area contributed by atoms with Gasteiger partial charge in [0.25, 0.3) is 41.6 Å². The van der Waals surface area contributed by atoms with Gasteiger partial charge in [-0.2, -0.15) is 0 Å². The Bertz CT molecular complexity index is 4480. The SMILES string of the molecule is OC1[C@@H](O[Si](c2ccccc2)(c2ccccc2)c2ccccc2)[C@H](O[Si](c2ccccc2)(c2ccccc2)c2ccccc2)C(O[Si](c2ccccc2)(c2ccccc2)c2ccccc2)[C@H](O[Si](c2ccccc2)(c2ccccc2)c2ccccc2)[C@@H]1O[Si](c1ccccc1)(c1ccccc1)c1ccccc1.